The van der Waals surface area contributed by atoms with Gasteiger partial charge in [0.25, 0.3) is 0 Å². The molecule has 0 radical (unpaired) electrons. The van der Waals surface area contributed by atoms with Crippen molar-refractivity contribution in [3.8, 4) is 5.75 Å². The predicted molar refractivity (Wildman–Crippen MR) is 76.7 cm³/mol. The summed E-state index contributed by atoms with van der Waals surface area (Å²) in [5, 5.41) is 0. The van der Waals surface area contributed by atoms with Crippen molar-refractivity contribution in [1.29, 1.82) is 0 Å². The van der Waals surface area contributed by atoms with Gasteiger partial charge in [0.05, 0.1) is 7.11 Å². The van der Waals surface area contributed by atoms with E-state index in [1.54, 1.807) is 7.11 Å². The molecule has 1 rings (SSSR count). The molecule has 3 heteroatoms. The zero-order valence-corrected chi connectivity index (χ0v) is 12.1. The Morgan fingerprint density at radius 3 is 2.56 bits per heavy atom. The number of nitrogens with zero attached hydrogens (tertiary/aromatic N) is 1. The summed E-state index contributed by atoms with van der Waals surface area (Å²) in [6, 6.07) is 6.86. The third-order valence-corrected chi connectivity index (χ3v) is 3.19. The second-order valence-corrected chi connectivity index (χ2v) is 4.91. The maximum absolute atomic E-state index is 5.75. The summed E-state index contributed by atoms with van der Waals surface area (Å²) in [6.45, 7) is 9.32. The van der Waals surface area contributed by atoms with Crippen molar-refractivity contribution in [1.82, 2.24) is 4.90 Å². The molecule has 0 unspecified atom stereocenters. The molecule has 1 aromatic rings. The summed E-state index contributed by atoms with van der Waals surface area (Å²) in [6.07, 6.45) is 1.18. The Labute approximate surface area is 111 Å². The first-order chi connectivity index (χ1) is 8.62. The lowest BCUT2D eigenvalue weighted by Crippen LogP contribution is -2.31. The van der Waals surface area contributed by atoms with Gasteiger partial charge in [-0.3, -0.25) is 4.90 Å². The number of rotatable bonds is 7. The minimum Gasteiger partial charge on any atom is -0.496 e. The van der Waals surface area contributed by atoms with E-state index in [1.165, 1.54) is 12.0 Å². The quantitative estimate of drug-likeness (QED) is 0.808. The lowest BCUT2D eigenvalue weighted by molar-refractivity contribution is 0.213. The lowest BCUT2D eigenvalue weighted by atomic mass is 10.1. The number of methoxy groups -OCH3 is 1. The van der Waals surface area contributed by atoms with Crippen molar-refractivity contribution >= 4 is 0 Å². The van der Waals surface area contributed by atoms with Gasteiger partial charge in [-0.15, -0.1) is 0 Å². The van der Waals surface area contributed by atoms with E-state index in [4.69, 9.17) is 10.5 Å². The van der Waals surface area contributed by atoms with Crippen molar-refractivity contribution in [2.45, 2.75) is 46.3 Å². The number of ether oxygens (including phenoxy) is 1. The number of benzene rings is 1. The van der Waals surface area contributed by atoms with Crippen LogP contribution in [0.3, 0.4) is 0 Å². The first kappa shape index (κ1) is 15.0. The smallest absolute Gasteiger partial charge is 0.123 e. The lowest BCUT2D eigenvalue weighted by Gasteiger charge is -2.26. The monoisotopic (exact) mass is 250 g/mol. The summed E-state index contributed by atoms with van der Waals surface area (Å²) in [5.74, 6) is 0.882. The van der Waals surface area contributed by atoms with Crippen molar-refractivity contribution in [2.24, 2.45) is 5.73 Å². The highest BCUT2D eigenvalue weighted by Crippen LogP contribution is 2.20. The molecule has 0 bridgehead atoms. The van der Waals surface area contributed by atoms with E-state index in [-0.39, 0.29) is 0 Å². The molecule has 0 aliphatic carbocycles. The summed E-state index contributed by atoms with van der Waals surface area (Å²) in [7, 11) is 1.69. The molecule has 102 valence electrons. The van der Waals surface area contributed by atoms with E-state index >= 15 is 0 Å². The molecule has 0 saturated heterocycles. The molecule has 0 amide bonds. The van der Waals surface area contributed by atoms with Crippen LogP contribution in [0.1, 0.15) is 38.3 Å². The van der Waals surface area contributed by atoms with Crippen LogP contribution in [0.25, 0.3) is 0 Å². The molecule has 1 aromatic carbocycles. The van der Waals surface area contributed by atoms with Gasteiger partial charge in [-0.05, 0) is 44.5 Å². The number of hydrogen-bond donors (Lipinski definition) is 1. The first-order valence-electron chi connectivity index (χ1n) is 6.72. The minimum atomic E-state index is 0.520. The molecule has 2 N–H and O–H groups in total. The van der Waals surface area contributed by atoms with E-state index in [2.05, 4.69) is 37.8 Å². The van der Waals surface area contributed by atoms with Crippen LogP contribution in [0, 0.1) is 0 Å². The van der Waals surface area contributed by atoms with Gasteiger partial charge >= 0.3 is 0 Å². The SMILES string of the molecule is CCCN(Cc1ccc(OC)c(CN)c1)C(C)C. The second kappa shape index (κ2) is 7.39. The Hall–Kier alpha value is -1.06. The highest BCUT2D eigenvalue weighted by Gasteiger charge is 2.10. The number of hydrogen-bond acceptors (Lipinski definition) is 3. The molecule has 0 spiro atoms. The Bertz CT molecular complexity index is 364. The van der Waals surface area contributed by atoms with Crippen molar-refractivity contribution in [3.05, 3.63) is 29.3 Å². The van der Waals surface area contributed by atoms with Gasteiger partial charge in [0.1, 0.15) is 5.75 Å². The van der Waals surface area contributed by atoms with E-state index in [1.807, 2.05) is 6.07 Å². The Kier molecular flexibility index (Phi) is 6.16. The molecule has 0 fully saturated rings. The largest absolute Gasteiger partial charge is 0.496 e. The highest BCUT2D eigenvalue weighted by atomic mass is 16.5. The van der Waals surface area contributed by atoms with E-state index in [0.29, 0.717) is 12.6 Å². The molecular weight excluding hydrogens is 224 g/mol. The molecule has 0 atom stereocenters. The van der Waals surface area contributed by atoms with Crippen LogP contribution in [0.5, 0.6) is 5.75 Å². The second-order valence-electron chi connectivity index (χ2n) is 4.91. The Morgan fingerprint density at radius 2 is 2.06 bits per heavy atom. The highest BCUT2D eigenvalue weighted by molar-refractivity contribution is 5.37. The van der Waals surface area contributed by atoms with Gasteiger partial charge in [0, 0.05) is 24.7 Å². The fourth-order valence-corrected chi connectivity index (χ4v) is 2.13. The van der Waals surface area contributed by atoms with Crippen molar-refractivity contribution < 1.29 is 4.74 Å². The average Bonchev–Trinajstić information content (AvgIpc) is 2.37. The van der Waals surface area contributed by atoms with Gasteiger partial charge in [-0.1, -0.05) is 13.0 Å². The van der Waals surface area contributed by atoms with Crippen LogP contribution in [0.2, 0.25) is 0 Å². The predicted octanol–water partition coefficient (Wildman–Crippen LogP) is 2.77. The topological polar surface area (TPSA) is 38.5 Å². The van der Waals surface area contributed by atoms with Gasteiger partial charge in [0.15, 0.2) is 0 Å². The molecule has 0 aromatic heterocycles. The van der Waals surface area contributed by atoms with Gasteiger partial charge in [0.2, 0.25) is 0 Å². The van der Waals surface area contributed by atoms with Crippen LogP contribution in [0.4, 0.5) is 0 Å². The van der Waals surface area contributed by atoms with Gasteiger partial charge < -0.3 is 10.5 Å². The zero-order valence-electron chi connectivity index (χ0n) is 12.1. The standard InChI is InChI=1S/C15H26N2O/c1-5-8-17(12(2)3)11-13-6-7-15(18-4)14(9-13)10-16/h6-7,9,12H,5,8,10-11,16H2,1-4H3. The zero-order chi connectivity index (χ0) is 13.5. The normalized spacial score (nSPS) is 11.3. The molecular formula is C15H26N2O. The Balaban J connectivity index is 2.83. The molecule has 0 saturated carbocycles. The third kappa shape index (κ3) is 4.00. The summed E-state index contributed by atoms with van der Waals surface area (Å²) in [4.78, 5) is 2.47. The van der Waals surface area contributed by atoms with Crippen LogP contribution >= 0.6 is 0 Å². The maximum atomic E-state index is 5.75. The fraction of sp³-hybridized carbons (Fsp3) is 0.600. The van der Waals surface area contributed by atoms with Crippen LogP contribution in [-0.2, 0) is 13.1 Å². The van der Waals surface area contributed by atoms with Gasteiger partial charge in [-0.25, -0.2) is 0 Å². The third-order valence-electron chi connectivity index (χ3n) is 3.19. The summed E-state index contributed by atoms with van der Waals surface area (Å²) in [5.41, 5.74) is 8.13. The fourth-order valence-electron chi connectivity index (χ4n) is 2.13. The van der Waals surface area contributed by atoms with Crippen LogP contribution in [-0.4, -0.2) is 24.6 Å². The van der Waals surface area contributed by atoms with Crippen molar-refractivity contribution in [3.63, 3.8) is 0 Å². The van der Waals surface area contributed by atoms with Crippen molar-refractivity contribution in [2.75, 3.05) is 13.7 Å². The first-order valence-corrected chi connectivity index (χ1v) is 6.72. The van der Waals surface area contributed by atoms with E-state index in [9.17, 15) is 0 Å². The number of nitrogens with two attached hydrogens (primary N) is 1. The van der Waals surface area contributed by atoms with E-state index in [0.717, 1.165) is 24.4 Å². The molecule has 18 heavy (non-hydrogen) atoms. The van der Waals surface area contributed by atoms with Gasteiger partial charge in [-0.2, -0.15) is 0 Å². The van der Waals surface area contributed by atoms with Crippen LogP contribution in [0.15, 0.2) is 18.2 Å². The minimum absolute atomic E-state index is 0.520. The Morgan fingerprint density at radius 1 is 1.33 bits per heavy atom. The summed E-state index contributed by atoms with van der Waals surface area (Å²) >= 11 is 0. The molecule has 0 heterocycles. The average molecular weight is 250 g/mol. The molecule has 0 aliphatic rings. The maximum Gasteiger partial charge on any atom is 0.123 e. The van der Waals surface area contributed by atoms with Crippen LogP contribution < -0.4 is 10.5 Å². The molecule has 0 aliphatic heterocycles. The molecule has 3 nitrogen and oxygen atoms in total. The van der Waals surface area contributed by atoms with E-state index < -0.39 is 0 Å². The summed E-state index contributed by atoms with van der Waals surface area (Å²) < 4.78 is 5.30.